The van der Waals surface area contributed by atoms with Crippen LogP contribution in [0.4, 0.5) is 5.69 Å². The topological polar surface area (TPSA) is 109 Å². The van der Waals surface area contributed by atoms with Crippen molar-refractivity contribution in [3.8, 4) is 34.3 Å². The van der Waals surface area contributed by atoms with Gasteiger partial charge in [0.25, 0.3) is 10.0 Å². The third-order valence-corrected chi connectivity index (χ3v) is 5.69. The maximum absolute atomic E-state index is 13.2. The zero-order valence-corrected chi connectivity index (χ0v) is 18.0. The molecule has 3 rings (SSSR count). The maximum Gasteiger partial charge on any atom is 0.265 e. The van der Waals surface area contributed by atoms with Crippen molar-refractivity contribution in [1.29, 1.82) is 0 Å². The summed E-state index contributed by atoms with van der Waals surface area (Å²) in [5.41, 5.74) is 1.45. The molecule has 2 aromatic carbocycles. The molecule has 0 amide bonds. The first kappa shape index (κ1) is 21.3. The van der Waals surface area contributed by atoms with Gasteiger partial charge in [-0.05, 0) is 25.1 Å². The smallest absolute Gasteiger partial charge is 0.265 e. The Morgan fingerprint density at radius 3 is 2.00 bits per heavy atom. The van der Waals surface area contributed by atoms with E-state index in [-0.39, 0.29) is 16.3 Å². The predicted molar refractivity (Wildman–Crippen MR) is 110 cm³/mol. The van der Waals surface area contributed by atoms with Gasteiger partial charge >= 0.3 is 0 Å². The second-order valence-electron chi connectivity index (χ2n) is 6.22. The lowest BCUT2D eigenvalue weighted by Gasteiger charge is -2.16. The minimum absolute atomic E-state index is 0.0645. The number of aromatic nitrogens is 1. The van der Waals surface area contributed by atoms with E-state index in [4.69, 9.17) is 23.5 Å². The van der Waals surface area contributed by atoms with Gasteiger partial charge in [0.2, 0.25) is 5.75 Å². The fourth-order valence-corrected chi connectivity index (χ4v) is 4.13. The van der Waals surface area contributed by atoms with E-state index in [2.05, 4.69) is 9.88 Å². The summed E-state index contributed by atoms with van der Waals surface area (Å²) < 4.78 is 55.2. The van der Waals surface area contributed by atoms with Crippen molar-refractivity contribution in [2.45, 2.75) is 11.8 Å². The quantitative estimate of drug-likeness (QED) is 0.574. The van der Waals surface area contributed by atoms with Gasteiger partial charge in [-0.15, -0.1) is 0 Å². The van der Waals surface area contributed by atoms with Gasteiger partial charge in [0.15, 0.2) is 17.3 Å². The number of hydrogen-bond acceptors (Lipinski definition) is 8. The van der Waals surface area contributed by atoms with Crippen molar-refractivity contribution in [3.63, 3.8) is 0 Å². The van der Waals surface area contributed by atoms with Crippen LogP contribution in [0.5, 0.6) is 23.0 Å². The number of nitrogens with one attached hydrogen (secondary N) is 1. The van der Waals surface area contributed by atoms with E-state index in [1.807, 2.05) is 0 Å². The van der Waals surface area contributed by atoms with Gasteiger partial charge in [-0.3, -0.25) is 4.72 Å². The highest BCUT2D eigenvalue weighted by molar-refractivity contribution is 7.92. The van der Waals surface area contributed by atoms with Crippen LogP contribution in [0.3, 0.4) is 0 Å². The van der Waals surface area contributed by atoms with Crippen LogP contribution in [-0.2, 0) is 10.0 Å². The van der Waals surface area contributed by atoms with E-state index in [1.54, 1.807) is 25.1 Å². The van der Waals surface area contributed by atoms with Crippen molar-refractivity contribution in [1.82, 2.24) is 5.16 Å². The average Bonchev–Trinajstić information content (AvgIpc) is 3.18. The van der Waals surface area contributed by atoms with Gasteiger partial charge in [0.05, 0.1) is 39.8 Å². The molecule has 1 heterocycles. The Morgan fingerprint density at radius 2 is 1.50 bits per heavy atom. The van der Waals surface area contributed by atoms with Crippen LogP contribution in [0.25, 0.3) is 11.3 Å². The van der Waals surface area contributed by atoms with E-state index in [9.17, 15) is 8.42 Å². The summed E-state index contributed by atoms with van der Waals surface area (Å²) in [6.45, 7) is 1.78. The molecule has 0 spiro atoms. The zero-order valence-electron chi connectivity index (χ0n) is 17.2. The van der Waals surface area contributed by atoms with E-state index in [0.29, 0.717) is 34.3 Å². The molecule has 160 valence electrons. The zero-order chi connectivity index (χ0) is 21.9. The lowest BCUT2D eigenvalue weighted by atomic mass is 10.1. The number of ether oxygens (including phenoxy) is 4. The highest BCUT2D eigenvalue weighted by Gasteiger charge is 2.23. The molecule has 0 aliphatic rings. The molecule has 1 N–H and O–H groups in total. The van der Waals surface area contributed by atoms with Crippen LogP contribution in [0.2, 0.25) is 0 Å². The molecule has 0 atom stereocenters. The molecular weight excluding hydrogens is 412 g/mol. The van der Waals surface area contributed by atoms with E-state index >= 15 is 0 Å². The van der Waals surface area contributed by atoms with Crippen molar-refractivity contribution < 1.29 is 31.9 Å². The molecule has 0 saturated carbocycles. The van der Waals surface area contributed by atoms with Crippen molar-refractivity contribution in [2.24, 2.45) is 0 Å². The minimum atomic E-state index is -4.04. The molecular formula is C20H22N2O7S. The van der Waals surface area contributed by atoms with Crippen LogP contribution in [0.1, 0.15) is 5.69 Å². The first-order chi connectivity index (χ1) is 14.3. The lowest BCUT2D eigenvalue weighted by molar-refractivity contribution is 0.324. The summed E-state index contributed by atoms with van der Waals surface area (Å²) in [6, 6.07) is 9.40. The number of sulfonamides is 1. The van der Waals surface area contributed by atoms with Crippen LogP contribution in [0, 0.1) is 6.92 Å². The molecule has 0 bridgehead atoms. The number of methoxy groups -OCH3 is 4. The number of hydrogen-bond donors (Lipinski definition) is 1. The van der Waals surface area contributed by atoms with Gasteiger partial charge < -0.3 is 23.5 Å². The Bertz CT molecular complexity index is 1130. The van der Waals surface area contributed by atoms with Gasteiger partial charge in [0.1, 0.15) is 10.6 Å². The molecule has 10 heteroatoms. The highest BCUT2D eigenvalue weighted by atomic mass is 32.2. The monoisotopic (exact) mass is 434 g/mol. The number of benzene rings is 2. The fourth-order valence-electron chi connectivity index (χ4n) is 2.89. The van der Waals surface area contributed by atoms with Crippen LogP contribution in [0.15, 0.2) is 45.8 Å². The Balaban J connectivity index is 2.05. The van der Waals surface area contributed by atoms with Crippen molar-refractivity contribution >= 4 is 15.7 Å². The molecule has 30 heavy (non-hydrogen) atoms. The Kier molecular flexibility index (Phi) is 6.06. The summed E-state index contributed by atoms with van der Waals surface area (Å²) >= 11 is 0. The summed E-state index contributed by atoms with van der Waals surface area (Å²) in [6.07, 6.45) is 0. The fraction of sp³-hybridized carbons (Fsp3) is 0.250. The van der Waals surface area contributed by atoms with Crippen LogP contribution in [-0.4, -0.2) is 42.0 Å². The standard InChI is InChI=1S/C20H22N2O7S/c1-12-8-16(29-21-12)13-6-7-15(25-2)19(9-13)30(23,24)22-14-10-17(26-3)20(28-5)18(11-14)27-4/h6-11,22H,1-5H3. The Hall–Kier alpha value is -3.40. The molecule has 1 aromatic heterocycles. The summed E-state index contributed by atoms with van der Waals surface area (Å²) in [5.74, 6) is 1.59. The summed E-state index contributed by atoms with van der Waals surface area (Å²) in [5, 5.41) is 3.84. The van der Waals surface area contributed by atoms with Gasteiger partial charge in [0, 0.05) is 23.8 Å². The van der Waals surface area contributed by atoms with Crippen LogP contribution >= 0.6 is 0 Å². The number of aryl methyl sites for hydroxylation is 1. The normalized spacial score (nSPS) is 11.1. The third kappa shape index (κ3) is 4.13. The second kappa shape index (κ2) is 8.54. The number of rotatable bonds is 8. The maximum atomic E-state index is 13.2. The largest absolute Gasteiger partial charge is 0.495 e. The Morgan fingerprint density at radius 1 is 0.867 bits per heavy atom. The molecule has 0 aliphatic heterocycles. The molecule has 0 unspecified atom stereocenters. The summed E-state index contributed by atoms with van der Waals surface area (Å²) in [4.78, 5) is -0.0645. The summed E-state index contributed by atoms with van der Waals surface area (Å²) in [7, 11) is 1.71. The highest BCUT2D eigenvalue weighted by Crippen LogP contribution is 2.41. The number of nitrogens with zero attached hydrogens (tertiary/aromatic N) is 1. The molecule has 0 fully saturated rings. The van der Waals surface area contributed by atoms with Crippen molar-refractivity contribution in [3.05, 3.63) is 42.1 Å². The number of anilines is 1. The van der Waals surface area contributed by atoms with Crippen molar-refractivity contribution in [2.75, 3.05) is 33.2 Å². The van der Waals surface area contributed by atoms with Gasteiger partial charge in [-0.1, -0.05) is 5.16 Å². The van der Waals surface area contributed by atoms with Crippen LogP contribution < -0.4 is 23.7 Å². The van der Waals surface area contributed by atoms with Gasteiger partial charge in [-0.2, -0.15) is 0 Å². The molecule has 3 aromatic rings. The first-order valence-corrected chi connectivity index (χ1v) is 10.3. The van der Waals surface area contributed by atoms with E-state index < -0.39 is 10.0 Å². The van der Waals surface area contributed by atoms with E-state index in [0.717, 1.165) is 0 Å². The molecule has 0 radical (unpaired) electrons. The molecule has 0 aliphatic carbocycles. The predicted octanol–water partition coefficient (Wildman–Crippen LogP) is 3.49. The second-order valence-corrected chi connectivity index (χ2v) is 7.87. The lowest BCUT2D eigenvalue weighted by Crippen LogP contribution is -2.14. The first-order valence-electron chi connectivity index (χ1n) is 8.77. The third-order valence-electron chi connectivity index (χ3n) is 4.28. The van der Waals surface area contributed by atoms with Gasteiger partial charge in [-0.25, -0.2) is 8.42 Å². The molecule has 9 nitrogen and oxygen atoms in total. The van der Waals surface area contributed by atoms with E-state index in [1.165, 1.54) is 46.6 Å². The average molecular weight is 434 g/mol. The molecule has 0 saturated heterocycles. The SMILES string of the molecule is COc1ccc(-c2cc(C)no2)cc1S(=O)(=O)Nc1cc(OC)c(OC)c(OC)c1. The minimum Gasteiger partial charge on any atom is -0.495 e. The Labute approximate surface area is 174 Å².